The number of thioether (sulfide) groups is 1. The molecule has 0 bridgehead atoms. The number of hydrogen-bond donors (Lipinski definition) is 1. The Kier molecular flexibility index (Phi) is 4.54. The fourth-order valence-electron chi connectivity index (χ4n) is 2.39. The van der Waals surface area contributed by atoms with Crippen molar-refractivity contribution >= 4 is 11.8 Å². The quantitative estimate of drug-likeness (QED) is 0.920. The summed E-state index contributed by atoms with van der Waals surface area (Å²) >= 11 is 1.88. The first-order valence-corrected chi connectivity index (χ1v) is 7.51. The summed E-state index contributed by atoms with van der Waals surface area (Å²) in [6.45, 7) is 2.16. The van der Waals surface area contributed by atoms with Gasteiger partial charge in [0.15, 0.2) is 0 Å². The summed E-state index contributed by atoms with van der Waals surface area (Å²) < 4.78 is 40.1. The highest BCUT2D eigenvalue weighted by atomic mass is 32.2. The van der Waals surface area contributed by atoms with Crippen molar-refractivity contribution in [1.29, 1.82) is 0 Å². The van der Waals surface area contributed by atoms with Crippen molar-refractivity contribution in [1.82, 2.24) is 0 Å². The zero-order valence-corrected chi connectivity index (χ0v) is 12.1. The number of ether oxygens (including phenoxy) is 1. The Balaban J connectivity index is 1.97. The van der Waals surface area contributed by atoms with Crippen LogP contribution < -0.4 is 10.5 Å². The topological polar surface area (TPSA) is 35.2 Å². The summed E-state index contributed by atoms with van der Waals surface area (Å²) in [6, 6.07) is 5.96. The first-order valence-electron chi connectivity index (χ1n) is 6.53. The maximum absolute atomic E-state index is 12.1. The molecule has 112 valence electrons. The monoisotopic (exact) mass is 305 g/mol. The van der Waals surface area contributed by atoms with Gasteiger partial charge in [-0.25, -0.2) is 0 Å². The highest BCUT2D eigenvalue weighted by Crippen LogP contribution is 2.40. The number of nitrogens with two attached hydrogens (primary N) is 1. The molecule has 2 atom stereocenters. The highest BCUT2D eigenvalue weighted by Gasteiger charge is 2.35. The molecule has 1 heterocycles. The molecule has 0 radical (unpaired) electrons. The van der Waals surface area contributed by atoms with Gasteiger partial charge < -0.3 is 10.5 Å². The normalized spacial score (nSPS) is 24.6. The van der Waals surface area contributed by atoms with Crippen LogP contribution in [-0.4, -0.2) is 22.9 Å². The van der Waals surface area contributed by atoms with Crippen LogP contribution in [0.3, 0.4) is 0 Å². The van der Waals surface area contributed by atoms with Crippen molar-refractivity contribution in [3.8, 4) is 5.75 Å². The lowest BCUT2D eigenvalue weighted by atomic mass is 9.91. The summed E-state index contributed by atoms with van der Waals surface area (Å²) in [5.74, 6) is 0.930. The first-order chi connectivity index (χ1) is 9.28. The predicted molar refractivity (Wildman–Crippen MR) is 74.9 cm³/mol. The van der Waals surface area contributed by atoms with Crippen LogP contribution in [0.5, 0.6) is 5.75 Å². The van der Waals surface area contributed by atoms with E-state index in [0.29, 0.717) is 6.42 Å². The molecule has 1 aromatic carbocycles. The van der Waals surface area contributed by atoms with Gasteiger partial charge in [-0.3, -0.25) is 0 Å². The van der Waals surface area contributed by atoms with Gasteiger partial charge in [0.1, 0.15) is 5.75 Å². The molecular weight excluding hydrogens is 287 g/mol. The number of alkyl halides is 3. The lowest BCUT2D eigenvalue weighted by Crippen LogP contribution is -2.42. The Bertz CT molecular complexity index is 441. The van der Waals surface area contributed by atoms with E-state index >= 15 is 0 Å². The maximum Gasteiger partial charge on any atom is 0.573 e. The van der Waals surface area contributed by atoms with Crippen molar-refractivity contribution in [3.63, 3.8) is 0 Å². The van der Waals surface area contributed by atoms with Crippen molar-refractivity contribution in [3.05, 3.63) is 29.8 Å². The van der Waals surface area contributed by atoms with E-state index in [4.69, 9.17) is 5.73 Å². The third-order valence-electron chi connectivity index (χ3n) is 3.65. The number of halogens is 3. The van der Waals surface area contributed by atoms with Crippen molar-refractivity contribution < 1.29 is 17.9 Å². The summed E-state index contributed by atoms with van der Waals surface area (Å²) in [7, 11) is 0. The van der Waals surface area contributed by atoms with Crippen molar-refractivity contribution in [2.24, 2.45) is 5.73 Å². The van der Waals surface area contributed by atoms with E-state index in [1.54, 1.807) is 12.1 Å². The summed E-state index contributed by atoms with van der Waals surface area (Å²) in [6.07, 6.45) is -1.72. The third-order valence-corrected chi connectivity index (χ3v) is 5.31. The van der Waals surface area contributed by atoms with Crippen LogP contribution in [0.2, 0.25) is 0 Å². The molecule has 0 amide bonds. The molecule has 1 aromatic rings. The second-order valence-electron chi connectivity index (χ2n) is 5.27. The molecule has 20 heavy (non-hydrogen) atoms. The minimum Gasteiger partial charge on any atom is -0.406 e. The molecule has 2 nitrogen and oxygen atoms in total. The van der Waals surface area contributed by atoms with E-state index in [1.165, 1.54) is 18.6 Å². The average molecular weight is 305 g/mol. The standard InChI is InChI=1S/C14H18F3NOS/c1-13(7-2-8-20-13)12(18)9-10-3-5-11(6-4-10)19-14(15,16)17/h3-6,12H,2,7-9,18H2,1H3. The largest absolute Gasteiger partial charge is 0.573 e. The van der Waals surface area contributed by atoms with Crippen LogP contribution in [0.1, 0.15) is 25.3 Å². The summed E-state index contributed by atoms with van der Waals surface area (Å²) in [5, 5.41) is 0. The Morgan fingerprint density at radius 2 is 2.00 bits per heavy atom. The van der Waals surface area contributed by atoms with E-state index < -0.39 is 6.36 Å². The molecular formula is C14H18F3NOS. The molecule has 6 heteroatoms. The van der Waals surface area contributed by atoms with Crippen LogP contribution in [0, 0.1) is 0 Å². The van der Waals surface area contributed by atoms with E-state index in [2.05, 4.69) is 11.7 Å². The van der Waals surface area contributed by atoms with E-state index in [-0.39, 0.29) is 16.5 Å². The van der Waals surface area contributed by atoms with Gasteiger partial charge in [0, 0.05) is 10.8 Å². The van der Waals surface area contributed by atoms with Gasteiger partial charge in [0.05, 0.1) is 0 Å². The number of hydrogen-bond acceptors (Lipinski definition) is 3. The molecule has 0 aliphatic carbocycles. The predicted octanol–water partition coefficient (Wildman–Crippen LogP) is 3.74. The first kappa shape index (κ1) is 15.5. The Morgan fingerprint density at radius 1 is 1.35 bits per heavy atom. The summed E-state index contributed by atoms with van der Waals surface area (Å²) in [4.78, 5) is 0. The van der Waals surface area contributed by atoms with Gasteiger partial charge in [0.2, 0.25) is 0 Å². The average Bonchev–Trinajstić information content (AvgIpc) is 2.78. The van der Waals surface area contributed by atoms with Crippen LogP contribution >= 0.6 is 11.8 Å². The second kappa shape index (κ2) is 5.85. The molecule has 2 N–H and O–H groups in total. The molecule has 1 aliphatic rings. The fourth-order valence-corrected chi connectivity index (χ4v) is 3.73. The van der Waals surface area contributed by atoms with Crippen molar-refractivity contribution in [2.75, 3.05) is 5.75 Å². The minimum atomic E-state index is -4.65. The molecule has 2 unspecified atom stereocenters. The molecule has 2 rings (SSSR count). The maximum atomic E-state index is 12.1. The van der Waals surface area contributed by atoms with Gasteiger partial charge in [0.25, 0.3) is 0 Å². The number of rotatable bonds is 4. The molecule has 1 fully saturated rings. The van der Waals surface area contributed by atoms with Gasteiger partial charge in [-0.1, -0.05) is 12.1 Å². The van der Waals surface area contributed by atoms with Crippen LogP contribution in [-0.2, 0) is 6.42 Å². The molecule has 0 saturated carbocycles. The van der Waals surface area contributed by atoms with Gasteiger partial charge >= 0.3 is 6.36 Å². The Labute approximate surface area is 120 Å². The lowest BCUT2D eigenvalue weighted by molar-refractivity contribution is -0.274. The smallest absolute Gasteiger partial charge is 0.406 e. The third kappa shape index (κ3) is 4.06. The van der Waals surface area contributed by atoms with Crippen molar-refractivity contribution in [2.45, 2.75) is 43.3 Å². The molecule has 0 spiro atoms. The molecule has 1 aliphatic heterocycles. The SMILES string of the molecule is CC1(C(N)Cc2ccc(OC(F)(F)F)cc2)CCCS1. The molecule has 1 saturated heterocycles. The lowest BCUT2D eigenvalue weighted by Gasteiger charge is -2.30. The van der Waals surface area contributed by atoms with Crippen LogP contribution in [0.15, 0.2) is 24.3 Å². The van der Waals surface area contributed by atoms with Crippen LogP contribution in [0.4, 0.5) is 13.2 Å². The molecule has 0 aromatic heterocycles. The number of benzene rings is 1. The van der Waals surface area contributed by atoms with E-state index in [0.717, 1.165) is 17.7 Å². The fraction of sp³-hybridized carbons (Fsp3) is 0.571. The second-order valence-corrected chi connectivity index (χ2v) is 6.90. The summed E-state index contributed by atoms with van der Waals surface area (Å²) in [5.41, 5.74) is 7.18. The zero-order chi connectivity index (χ0) is 14.8. The highest BCUT2D eigenvalue weighted by molar-refractivity contribution is 8.00. The van der Waals surface area contributed by atoms with E-state index in [1.807, 2.05) is 11.8 Å². The Hall–Kier alpha value is -0.880. The minimum absolute atomic E-state index is 0.00406. The van der Waals surface area contributed by atoms with Gasteiger partial charge in [-0.15, -0.1) is 13.2 Å². The van der Waals surface area contributed by atoms with Crippen LogP contribution in [0.25, 0.3) is 0 Å². The zero-order valence-electron chi connectivity index (χ0n) is 11.2. The van der Waals surface area contributed by atoms with E-state index in [9.17, 15) is 13.2 Å². The Morgan fingerprint density at radius 3 is 2.50 bits per heavy atom. The van der Waals surface area contributed by atoms with Gasteiger partial charge in [-0.05, 0) is 49.6 Å². The van der Waals surface area contributed by atoms with Gasteiger partial charge in [-0.2, -0.15) is 11.8 Å².